The molecule has 1 saturated carbocycles. The molecule has 2 fully saturated rings. The first-order valence-corrected chi connectivity index (χ1v) is 11.0. The van der Waals surface area contributed by atoms with Crippen molar-refractivity contribution in [3.63, 3.8) is 0 Å². The molecule has 0 aromatic heterocycles. The number of halogens is 1. The van der Waals surface area contributed by atoms with E-state index >= 15 is 0 Å². The number of amides is 1. The van der Waals surface area contributed by atoms with Crippen LogP contribution in [-0.4, -0.2) is 43.2 Å². The molecular formula is C24H28ClNO4. The van der Waals surface area contributed by atoms with E-state index in [4.69, 9.17) is 25.8 Å². The number of carbonyl (C=O) groups excluding carboxylic acids is 1. The summed E-state index contributed by atoms with van der Waals surface area (Å²) in [6.45, 7) is 1.21. The molecule has 0 bridgehead atoms. The zero-order valence-electron chi connectivity index (χ0n) is 17.3. The number of morpholine rings is 1. The van der Waals surface area contributed by atoms with E-state index in [2.05, 4.69) is 0 Å². The maximum Gasteiger partial charge on any atom is 0.316 e. The van der Waals surface area contributed by atoms with E-state index in [-0.39, 0.29) is 6.10 Å². The lowest BCUT2D eigenvalue weighted by atomic mass is 9.84. The number of rotatable bonds is 5. The molecule has 1 atom stereocenters. The van der Waals surface area contributed by atoms with Gasteiger partial charge >= 0.3 is 5.37 Å². The molecule has 2 aromatic rings. The molecule has 1 amide bonds. The van der Waals surface area contributed by atoms with E-state index in [9.17, 15) is 4.79 Å². The monoisotopic (exact) mass is 429 g/mol. The van der Waals surface area contributed by atoms with Crippen LogP contribution < -0.4 is 9.47 Å². The summed E-state index contributed by atoms with van der Waals surface area (Å²) in [6, 6.07) is 15.9. The Hall–Kier alpha value is -2.24. The fraction of sp³-hybridized carbons (Fsp3) is 0.458. The second-order valence-electron chi connectivity index (χ2n) is 7.96. The van der Waals surface area contributed by atoms with Crippen LogP contribution in [0.3, 0.4) is 0 Å². The average molecular weight is 430 g/mol. The fourth-order valence-corrected chi connectivity index (χ4v) is 4.62. The molecule has 160 valence electrons. The van der Waals surface area contributed by atoms with E-state index < -0.39 is 11.0 Å². The van der Waals surface area contributed by atoms with Crippen molar-refractivity contribution in [3.05, 3.63) is 59.7 Å². The van der Waals surface area contributed by atoms with Gasteiger partial charge in [-0.3, -0.25) is 4.79 Å². The molecular weight excluding hydrogens is 402 g/mol. The van der Waals surface area contributed by atoms with Crippen molar-refractivity contribution in [2.45, 2.75) is 43.8 Å². The Balaban J connectivity index is 1.75. The van der Waals surface area contributed by atoms with Crippen LogP contribution in [0, 0.1) is 0 Å². The quantitative estimate of drug-likeness (QED) is 0.475. The maximum atomic E-state index is 12.0. The molecule has 1 unspecified atom stereocenters. The molecule has 2 aliphatic rings. The lowest BCUT2D eigenvalue weighted by molar-refractivity contribution is -0.0733. The Morgan fingerprint density at radius 2 is 1.83 bits per heavy atom. The lowest BCUT2D eigenvalue weighted by Crippen LogP contribution is -2.51. The highest BCUT2D eigenvalue weighted by molar-refractivity contribution is 6.62. The third-order valence-corrected chi connectivity index (χ3v) is 6.33. The SMILES string of the molecule is COc1ccc(C2(c3ccccc3)CN(C(=O)Cl)CCO2)cc1OC1CCCCC1. The first-order valence-electron chi connectivity index (χ1n) is 10.6. The smallest absolute Gasteiger partial charge is 0.316 e. The summed E-state index contributed by atoms with van der Waals surface area (Å²) in [7, 11) is 1.65. The Morgan fingerprint density at radius 1 is 1.07 bits per heavy atom. The summed E-state index contributed by atoms with van der Waals surface area (Å²) in [4.78, 5) is 13.6. The first kappa shape index (κ1) is 21.0. The molecule has 30 heavy (non-hydrogen) atoms. The van der Waals surface area contributed by atoms with E-state index in [1.54, 1.807) is 12.0 Å². The number of methoxy groups -OCH3 is 1. The minimum atomic E-state index is -0.818. The second-order valence-corrected chi connectivity index (χ2v) is 8.28. The third-order valence-electron chi connectivity index (χ3n) is 6.09. The summed E-state index contributed by atoms with van der Waals surface area (Å²) in [6.07, 6.45) is 5.96. The number of ether oxygens (including phenoxy) is 3. The van der Waals surface area contributed by atoms with Gasteiger partial charge in [0, 0.05) is 6.54 Å². The van der Waals surface area contributed by atoms with E-state index in [1.165, 1.54) is 19.3 Å². The van der Waals surface area contributed by atoms with E-state index in [0.717, 1.165) is 29.7 Å². The molecule has 1 aliphatic carbocycles. The number of benzene rings is 2. The van der Waals surface area contributed by atoms with Crippen molar-refractivity contribution in [3.8, 4) is 11.5 Å². The molecule has 0 N–H and O–H groups in total. The van der Waals surface area contributed by atoms with Gasteiger partial charge in [0.1, 0.15) is 5.60 Å². The predicted molar refractivity (Wildman–Crippen MR) is 116 cm³/mol. The molecule has 0 spiro atoms. The van der Waals surface area contributed by atoms with Crippen molar-refractivity contribution in [1.29, 1.82) is 0 Å². The van der Waals surface area contributed by atoms with Crippen molar-refractivity contribution in [2.24, 2.45) is 0 Å². The van der Waals surface area contributed by atoms with Crippen LogP contribution >= 0.6 is 11.6 Å². The summed E-state index contributed by atoms with van der Waals surface area (Å²) < 4.78 is 18.3. The molecule has 6 heteroatoms. The van der Waals surface area contributed by atoms with Crippen LogP contribution in [0.1, 0.15) is 43.2 Å². The van der Waals surface area contributed by atoms with E-state index in [0.29, 0.717) is 25.4 Å². The maximum absolute atomic E-state index is 12.0. The van der Waals surface area contributed by atoms with Gasteiger partial charge in [-0.05, 0) is 60.5 Å². The van der Waals surface area contributed by atoms with Crippen molar-refractivity contribution in [2.75, 3.05) is 26.8 Å². The largest absolute Gasteiger partial charge is 0.493 e. The molecule has 1 aliphatic heterocycles. The molecule has 1 heterocycles. The van der Waals surface area contributed by atoms with Gasteiger partial charge in [0.05, 0.1) is 26.4 Å². The molecule has 0 radical (unpaired) electrons. The average Bonchev–Trinajstić information content (AvgIpc) is 2.80. The summed E-state index contributed by atoms with van der Waals surface area (Å²) >= 11 is 5.85. The van der Waals surface area contributed by atoms with Crippen LogP contribution in [0.2, 0.25) is 0 Å². The highest BCUT2D eigenvalue weighted by atomic mass is 35.5. The lowest BCUT2D eigenvalue weighted by Gasteiger charge is -2.43. The van der Waals surface area contributed by atoms with Crippen LogP contribution in [0.5, 0.6) is 11.5 Å². The Morgan fingerprint density at radius 3 is 2.53 bits per heavy atom. The fourth-order valence-electron chi connectivity index (χ4n) is 4.48. The normalized spacial score (nSPS) is 22.5. The van der Waals surface area contributed by atoms with Gasteiger partial charge in [-0.1, -0.05) is 42.8 Å². The topological polar surface area (TPSA) is 48.0 Å². The minimum absolute atomic E-state index is 0.198. The van der Waals surface area contributed by atoms with Crippen molar-refractivity contribution >= 4 is 17.0 Å². The van der Waals surface area contributed by atoms with Crippen LogP contribution in [0.25, 0.3) is 0 Å². The van der Waals surface area contributed by atoms with Gasteiger partial charge in [-0.2, -0.15) is 0 Å². The molecule has 1 saturated heterocycles. The molecule has 4 rings (SSSR count). The summed E-state index contributed by atoms with van der Waals surface area (Å²) in [5.74, 6) is 1.42. The zero-order valence-corrected chi connectivity index (χ0v) is 18.1. The zero-order chi connectivity index (χ0) is 21.0. The molecule has 5 nitrogen and oxygen atoms in total. The second kappa shape index (κ2) is 9.27. The Labute approximate surface area is 182 Å². The van der Waals surface area contributed by atoms with Gasteiger partial charge in [-0.25, -0.2) is 0 Å². The number of hydrogen-bond donors (Lipinski definition) is 0. The van der Waals surface area contributed by atoms with Crippen LogP contribution in [0.15, 0.2) is 48.5 Å². The Bertz CT molecular complexity index is 869. The standard InChI is InChI=1S/C24H28ClNO4/c1-28-21-13-12-19(16-22(21)30-20-10-6-3-7-11-20)24(18-8-4-2-5-9-18)17-26(23(25)27)14-15-29-24/h2,4-5,8-9,12-13,16,20H,3,6-7,10-11,14-15,17H2,1H3. The van der Waals surface area contributed by atoms with Crippen molar-refractivity contribution in [1.82, 2.24) is 4.90 Å². The number of nitrogens with zero attached hydrogens (tertiary/aromatic N) is 1. The van der Waals surface area contributed by atoms with Gasteiger partial charge in [0.15, 0.2) is 11.5 Å². The number of hydrogen-bond acceptors (Lipinski definition) is 4. The summed E-state index contributed by atoms with van der Waals surface area (Å²) in [5.41, 5.74) is 1.07. The minimum Gasteiger partial charge on any atom is -0.493 e. The van der Waals surface area contributed by atoms with Gasteiger partial charge in [-0.15, -0.1) is 0 Å². The summed E-state index contributed by atoms with van der Waals surface area (Å²) in [5, 5.41) is -0.467. The van der Waals surface area contributed by atoms with Gasteiger partial charge in [0.25, 0.3) is 0 Å². The highest BCUT2D eigenvalue weighted by Crippen LogP contribution is 2.41. The van der Waals surface area contributed by atoms with Crippen molar-refractivity contribution < 1.29 is 19.0 Å². The predicted octanol–water partition coefficient (Wildman–Crippen LogP) is 5.34. The van der Waals surface area contributed by atoms with Gasteiger partial charge in [0.2, 0.25) is 0 Å². The first-order chi connectivity index (χ1) is 14.6. The van der Waals surface area contributed by atoms with Crippen LogP contribution in [-0.2, 0) is 10.3 Å². The van der Waals surface area contributed by atoms with Crippen LogP contribution in [0.4, 0.5) is 4.79 Å². The molecule has 2 aromatic carbocycles. The number of carbonyl (C=O) groups is 1. The van der Waals surface area contributed by atoms with E-state index in [1.807, 2.05) is 48.5 Å². The van der Waals surface area contributed by atoms with Gasteiger partial charge < -0.3 is 19.1 Å². The highest BCUT2D eigenvalue weighted by Gasteiger charge is 2.42. The Kier molecular flexibility index (Phi) is 6.49. The third kappa shape index (κ3) is 4.28.